The van der Waals surface area contributed by atoms with Crippen molar-refractivity contribution < 1.29 is 22.7 Å². The summed E-state index contributed by atoms with van der Waals surface area (Å²) in [5.74, 6) is 0.226. The Labute approximate surface area is 221 Å². The molecule has 1 aliphatic heterocycles. The van der Waals surface area contributed by atoms with Crippen LogP contribution in [-0.2, 0) is 26.0 Å². The Bertz CT molecular complexity index is 1140. The van der Waals surface area contributed by atoms with Crippen molar-refractivity contribution in [1.29, 1.82) is 0 Å². The number of rotatable bonds is 12. The van der Waals surface area contributed by atoms with Gasteiger partial charge in [-0.1, -0.05) is 39.8 Å². The molecule has 1 amide bonds. The van der Waals surface area contributed by atoms with Gasteiger partial charge in [-0.15, -0.1) is 0 Å². The first-order valence-corrected chi connectivity index (χ1v) is 14.3. The second-order valence-electron chi connectivity index (χ2n) is 10.2. The molecular weight excluding hydrogens is 492 g/mol. The third-order valence-electron chi connectivity index (χ3n) is 6.08. The van der Waals surface area contributed by atoms with Gasteiger partial charge >= 0.3 is 6.09 Å². The molecule has 0 fully saturated rings. The van der Waals surface area contributed by atoms with Crippen molar-refractivity contribution in [1.82, 2.24) is 9.29 Å². The van der Waals surface area contributed by atoms with Crippen molar-refractivity contribution in [2.24, 2.45) is 11.8 Å². The summed E-state index contributed by atoms with van der Waals surface area (Å²) >= 11 is 0. The van der Waals surface area contributed by atoms with Gasteiger partial charge in [0.15, 0.2) is 0 Å². The van der Waals surface area contributed by atoms with E-state index < -0.39 is 22.2 Å². The van der Waals surface area contributed by atoms with Gasteiger partial charge in [-0.3, -0.25) is 4.98 Å². The molecule has 9 nitrogen and oxygen atoms in total. The summed E-state index contributed by atoms with van der Waals surface area (Å²) in [4.78, 5) is 19.6. The van der Waals surface area contributed by atoms with Crippen molar-refractivity contribution in [2.75, 3.05) is 30.0 Å². The molecule has 0 saturated heterocycles. The van der Waals surface area contributed by atoms with Crippen LogP contribution in [0.25, 0.3) is 0 Å². The molecule has 0 radical (unpaired) electrons. The minimum Gasteiger partial charge on any atom is -0.448 e. The Hall–Kier alpha value is -2.85. The van der Waals surface area contributed by atoms with Crippen molar-refractivity contribution in [3.8, 4) is 0 Å². The molecule has 0 spiro atoms. The van der Waals surface area contributed by atoms with Crippen LogP contribution in [0.4, 0.5) is 16.2 Å². The Morgan fingerprint density at radius 1 is 1.11 bits per heavy atom. The number of amides is 1. The molecular formula is C27H40N4O5S. The molecule has 2 aromatic rings. The summed E-state index contributed by atoms with van der Waals surface area (Å²) in [6.45, 7) is 12.9. The maximum absolute atomic E-state index is 13.8. The Balaban J connectivity index is 1.88. The van der Waals surface area contributed by atoms with Gasteiger partial charge < -0.3 is 19.7 Å². The molecule has 2 atom stereocenters. The molecule has 2 heterocycles. The number of carbonyl (C=O) groups excluding carboxylic acids is 1. The second-order valence-corrected chi connectivity index (χ2v) is 12.0. The highest BCUT2D eigenvalue weighted by molar-refractivity contribution is 7.89. The topological polar surface area (TPSA) is 101 Å². The molecule has 0 bridgehead atoms. The summed E-state index contributed by atoms with van der Waals surface area (Å²) in [5, 5.41) is 3.39. The van der Waals surface area contributed by atoms with E-state index in [0.717, 1.165) is 21.2 Å². The Morgan fingerprint density at radius 3 is 2.43 bits per heavy atom. The van der Waals surface area contributed by atoms with Crippen molar-refractivity contribution in [3.05, 3.63) is 48.3 Å². The van der Waals surface area contributed by atoms with Crippen LogP contribution in [0.1, 0.15) is 53.5 Å². The maximum Gasteiger partial charge on any atom is 0.424 e. The lowest BCUT2D eigenvalue weighted by atomic mass is 10.0. The fraction of sp³-hybridized carbons (Fsp3) is 0.556. The number of pyridine rings is 1. The van der Waals surface area contributed by atoms with E-state index in [1.807, 2.05) is 40.7 Å². The van der Waals surface area contributed by atoms with E-state index in [1.54, 1.807) is 36.7 Å². The monoisotopic (exact) mass is 532 g/mol. The van der Waals surface area contributed by atoms with Gasteiger partial charge in [0.05, 0.1) is 47.9 Å². The molecule has 204 valence electrons. The van der Waals surface area contributed by atoms with Crippen LogP contribution < -0.4 is 10.2 Å². The third kappa shape index (κ3) is 7.13. The normalized spacial score (nSPS) is 16.0. The fourth-order valence-electron chi connectivity index (χ4n) is 4.33. The first-order valence-electron chi connectivity index (χ1n) is 12.9. The van der Waals surface area contributed by atoms with Crippen LogP contribution in [0, 0.1) is 11.8 Å². The first-order chi connectivity index (χ1) is 17.5. The predicted molar refractivity (Wildman–Crippen MR) is 145 cm³/mol. The lowest BCUT2D eigenvalue weighted by Crippen LogP contribution is -2.48. The highest BCUT2D eigenvalue weighted by Gasteiger charge is 2.38. The van der Waals surface area contributed by atoms with Crippen LogP contribution in [-0.4, -0.2) is 55.8 Å². The van der Waals surface area contributed by atoms with Crippen molar-refractivity contribution >= 4 is 27.5 Å². The summed E-state index contributed by atoms with van der Waals surface area (Å²) in [7, 11) is -4.18. The number of benzene rings is 1. The quantitative estimate of drug-likeness (QED) is 0.403. The Kier molecular flexibility index (Phi) is 9.78. The van der Waals surface area contributed by atoms with Crippen LogP contribution in [0.2, 0.25) is 0 Å². The van der Waals surface area contributed by atoms with Gasteiger partial charge in [0.2, 0.25) is 0 Å². The number of nitrogens with zero attached hydrogens (tertiary/aromatic N) is 3. The predicted octanol–water partition coefficient (Wildman–Crippen LogP) is 5.09. The molecule has 1 N–H and O–H groups in total. The van der Waals surface area contributed by atoms with Gasteiger partial charge in [-0.05, 0) is 55.9 Å². The average Bonchev–Trinajstić information content (AvgIpc) is 3.16. The SMILES string of the molecule is CCOC[C@H](CC(C)C)N(C(=O)OCC(C)C)S(=O)(=O)c1ccc(CN2c3ccncc3NC2C)cc1. The smallest absolute Gasteiger partial charge is 0.424 e. The molecule has 37 heavy (non-hydrogen) atoms. The van der Waals surface area contributed by atoms with E-state index in [9.17, 15) is 13.2 Å². The summed E-state index contributed by atoms with van der Waals surface area (Å²) in [6, 6.07) is 7.97. The molecule has 1 aromatic heterocycles. The lowest BCUT2D eigenvalue weighted by molar-refractivity contribution is 0.0658. The molecule has 3 rings (SSSR count). The Morgan fingerprint density at radius 2 is 1.81 bits per heavy atom. The molecule has 0 saturated carbocycles. The summed E-state index contributed by atoms with van der Waals surface area (Å²) in [5.41, 5.74) is 2.96. The van der Waals surface area contributed by atoms with Crippen LogP contribution in [0.5, 0.6) is 0 Å². The average molecular weight is 533 g/mol. The largest absolute Gasteiger partial charge is 0.448 e. The lowest BCUT2D eigenvalue weighted by Gasteiger charge is -2.31. The van der Waals surface area contributed by atoms with E-state index in [-0.39, 0.29) is 36.1 Å². The molecule has 10 heteroatoms. The number of anilines is 2. The van der Waals surface area contributed by atoms with E-state index in [4.69, 9.17) is 9.47 Å². The van der Waals surface area contributed by atoms with E-state index in [1.165, 1.54) is 0 Å². The number of hydrogen-bond donors (Lipinski definition) is 1. The zero-order valence-electron chi connectivity index (χ0n) is 22.7. The molecule has 0 aliphatic carbocycles. The standard InChI is InChI=1S/C27H40N4O5S/c1-7-35-18-23(14-19(2)3)31(27(32)36-17-20(4)5)37(33,34)24-10-8-22(9-11-24)16-30-21(6)29-25-15-28-13-12-26(25)30/h8-13,15,19-21,23,29H,7,14,16-18H2,1-6H3/t21?,23-/m0/s1. The zero-order valence-corrected chi connectivity index (χ0v) is 23.5. The number of carbonyl (C=O) groups is 1. The van der Waals surface area contributed by atoms with E-state index >= 15 is 0 Å². The number of sulfonamides is 1. The highest BCUT2D eigenvalue weighted by Crippen LogP contribution is 2.34. The van der Waals surface area contributed by atoms with Gasteiger partial charge in [-0.25, -0.2) is 13.2 Å². The van der Waals surface area contributed by atoms with Crippen LogP contribution >= 0.6 is 0 Å². The minimum absolute atomic E-state index is 0.0418. The molecule has 1 unspecified atom stereocenters. The molecule has 1 aliphatic rings. The van der Waals surface area contributed by atoms with Gasteiger partial charge in [0, 0.05) is 19.3 Å². The number of nitrogens with one attached hydrogen (secondary N) is 1. The first kappa shape index (κ1) is 28.7. The highest BCUT2D eigenvalue weighted by atomic mass is 32.2. The van der Waals surface area contributed by atoms with Gasteiger partial charge in [0.1, 0.15) is 0 Å². The summed E-state index contributed by atoms with van der Waals surface area (Å²) < 4.78 is 39.5. The van der Waals surface area contributed by atoms with Crippen molar-refractivity contribution in [3.63, 3.8) is 0 Å². The maximum atomic E-state index is 13.8. The van der Waals surface area contributed by atoms with Crippen LogP contribution in [0.15, 0.2) is 47.6 Å². The second kappa shape index (κ2) is 12.6. The number of ether oxygens (including phenoxy) is 2. The number of hydrogen-bond acceptors (Lipinski definition) is 8. The number of fused-ring (bicyclic) bond motifs is 1. The van der Waals surface area contributed by atoms with E-state index in [0.29, 0.717) is 19.6 Å². The summed E-state index contributed by atoms with van der Waals surface area (Å²) in [6.07, 6.45) is 3.21. The van der Waals surface area contributed by atoms with Crippen molar-refractivity contribution in [2.45, 2.75) is 71.6 Å². The minimum atomic E-state index is -4.18. The molecule has 1 aromatic carbocycles. The number of aromatic nitrogens is 1. The third-order valence-corrected chi connectivity index (χ3v) is 7.92. The van der Waals surface area contributed by atoms with Gasteiger partial charge in [-0.2, -0.15) is 4.31 Å². The van der Waals surface area contributed by atoms with Gasteiger partial charge in [0.25, 0.3) is 10.0 Å². The van der Waals surface area contributed by atoms with E-state index in [2.05, 4.69) is 22.1 Å². The van der Waals surface area contributed by atoms with Crippen LogP contribution in [0.3, 0.4) is 0 Å². The zero-order chi connectivity index (χ0) is 27.2. The fourth-order valence-corrected chi connectivity index (χ4v) is 5.83.